The van der Waals surface area contributed by atoms with Gasteiger partial charge in [0.2, 0.25) is 5.88 Å². The fourth-order valence-corrected chi connectivity index (χ4v) is 2.67. The van der Waals surface area contributed by atoms with Gasteiger partial charge in [-0.2, -0.15) is 0 Å². The molecule has 23 heavy (non-hydrogen) atoms. The molecule has 2 heterocycles. The molecule has 6 heteroatoms. The number of H-pyrrole nitrogens is 1. The number of carbonyl (C=O) groups excluding carboxylic acids is 2. The molecule has 0 unspecified atom stereocenters. The molecular formula is C17H21N3O3. The monoisotopic (exact) mass is 315 g/mol. The van der Waals surface area contributed by atoms with Gasteiger partial charge in [0.1, 0.15) is 5.69 Å². The van der Waals surface area contributed by atoms with Gasteiger partial charge in [-0.3, -0.25) is 9.59 Å². The Kier molecular flexibility index (Phi) is 4.83. The Morgan fingerprint density at radius 3 is 2.52 bits per heavy atom. The molecule has 0 spiro atoms. The van der Waals surface area contributed by atoms with Gasteiger partial charge in [0.15, 0.2) is 5.78 Å². The number of methoxy groups -OCH3 is 1. The van der Waals surface area contributed by atoms with Crippen molar-refractivity contribution in [2.45, 2.75) is 27.2 Å². The van der Waals surface area contributed by atoms with Crippen molar-refractivity contribution >= 4 is 17.4 Å². The van der Waals surface area contributed by atoms with Gasteiger partial charge in [0, 0.05) is 24.4 Å². The van der Waals surface area contributed by atoms with Crippen LogP contribution in [0, 0.1) is 6.92 Å². The molecule has 1 N–H and O–H groups in total. The third-order valence-corrected chi connectivity index (χ3v) is 3.83. The maximum Gasteiger partial charge on any atom is 0.274 e. The predicted molar refractivity (Wildman–Crippen MR) is 88.4 cm³/mol. The van der Waals surface area contributed by atoms with E-state index in [1.54, 1.807) is 25.4 Å². The molecule has 2 rings (SSSR count). The van der Waals surface area contributed by atoms with E-state index in [1.807, 2.05) is 13.8 Å². The second-order valence-electron chi connectivity index (χ2n) is 5.31. The molecule has 0 aliphatic rings. The van der Waals surface area contributed by atoms with Gasteiger partial charge in [-0.1, -0.05) is 6.92 Å². The lowest BCUT2D eigenvalue weighted by molar-refractivity contribution is 0.0987. The third kappa shape index (κ3) is 3.11. The smallest absolute Gasteiger partial charge is 0.274 e. The Morgan fingerprint density at radius 1 is 1.35 bits per heavy atom. The maximum atomic E-state index is 12.8. The standard InChI is InChI=1S/C17H21N3O3/c1-6-13-15(11(3)21)10(2)19-16(13)17(22)20(4)12-7-8-14(23-5)18-9-12/h7-9,19H,6H2,1-5H3. The molecule has 0 fully saturated rings. The number of ketones is 1. The Labute approximate surface area is 135 Å². The van der Waals surface area contributed by atoms with E-state index >= 15 is 0 Å². The molecule has 2 aromatic rings. The van der Waals surface area contributed by atoms with E-state index in [9.17, 15) is 9.59 Å². The summed E-state index contributed by atoms with van der Waals surface area (Å²) in [6.45, 7) is 5.25. The summed E-state index contributed by atoms with van der Waals surface area (Å²) in [6.07, 6.45) is 2.18. The summed E-state index contributed by atoms with van der Waals surface area (Å²) in [5, 5.41) is 0. The van der Waals surface area contributed by atoms with Crippen LogP contribution in [0.5, 0.6) is 5.88 Å². The Morgan fingerprint density at radius 2 is 2.04 bits per heavy atom. The number of pyridine rings is 1. The van der Waals surface area contributed by atoms with E-state index in [0.717, 1.165) is 11.3 Å². The maximum absolute atomic E-state index is 12.8. The fraction of sp³-hybridized carbons (Fsp3) is 0.353. The first kappa shape index (κ1) is 16.7. The van der Waals surface area contributed by atoms with Gasteiger partial charge >= 0.3 is 0 Å². The highest BCUT2D eigenvalue weighted by Gasteiger charge is 2.24. The minimum atomic E-state index is -0.204. The number of nitrogens with one attached hydrogen (secondary N) is 1. The first-order chi connectivity index (χ1) is 10.9. The van der Waals surface area contributed by atoms with E-state index in [1.165, 1.54) is 18.9 Å². The summed E-state index contributed by atoms with van der Waals surface area (Å²) < 4.78 is 5.02. The number of amides is 1. The largest absolute Gasteiger partial charge is 0.481 e. The summed E-state index contributed by atoms with van der Waals surface area (Å²) in [7, 11) is 3.21. The van der Waals surface area contributed by atoms with E-state index in [2.05, 4.69) is 9.97 Å². The van der Waals surface area contributed by atoms with Crippen molar-refractivity contribution in [2.24, 2.45) is 0 Å². The molecule has 0 aromatic carbocycles. The second-order valence-corrected chi connectivity index (χ2v) is 5.31. The molecule has 6 nitrogen and oxygen atoms in total. The number of Topliss-reactive ketones (excluding diaryl/α,β-unsaturated/α-hetero) is 1. The molecular weight excluding hydrogens is 294 g/mol. The zero-order valence-corrected chi connectivity index (χ0v) is 14.1. The number of hydrogen-bond acceptors (Lipinski definition) is 4. The number of ether oxygens (including phenoxy) is 1. The van der Waals surface area contributed by atoms with Crippen LogP contribution in [0.4, 0.5) is 5.69 Å². The van der Waals surface area contributed by atoms with E-state index in [0.29, 0.717) is 29.2 Å². The zero-order valence-electron chi connectivity index (χ0n) is 14.1. The predicted octanol–water partition coefficient (Wildman–Crippen LogP) is 2.77. The van der Waals surface area contributed by atoms with Crippen molar-refractivity contribution in [3.8, 4) is 5.88 Å². The van der Waals surface area contributed by atoms with Crippen LogP contribution in [-0.2, 0) is 6.42 Å². The molecule has 0 bridgehead atoms. The van der Waals surface area contributed by atoms with Crippen LogP contribution in [0.2, 0.25) is 0 Å². The van der Waals surface area contributed by atoms with Crippen LogP contribution >= 0.6 is 0 Å². The number of carbonyl (C=O) groups is 2. The SMILES string of the molecule is CCc1c(C(=O)N(C)c2ccc(OC)nc2)[nH]c(C)c1C(C)=O. The van der Waals surface area contributed by atoms with Gasteiger partial charge in [-0.25, -0.2) is 4.98 Å². The lowest BCUT2D eigenvalue weighted by Gasteiger charge is -2.17. The minimum Gasteiger partial charge on any atom is -0.481 e. The lowest BCUT2D eigenvalue weighted by atomic mass is 10.0. The molecule has 0 saturated heterocycles. The van der Waals surface area contributed by atoms with Crippen molar-refractivity contribution in [1.82, 2.24) is 9.97 Å². The molecule has 122 valence electrons. The van der Waals surface area contributed by atoms with Crippen LogP contribution in [0.1, 0.15) is 46.0 Å². The number of aromatic amines is 1. The number of hydrogen-bond donors (Lipinski definition) is 1. The first-order valence-corrected chi connectivity index (χ1v) is 7.41. The number of aryl methyl sites for hydroxylation is 1. The topological polar surface area (TPSA) is 75.3 Å². The quantitative estimate of drug-likeness (QED) is 0.861. The Balaban J connectivity index is 2.39. The van der Waals surface area contributed by atoms with Crippen molar-refractivity contribution in [2.75, 3.05) is 19.1 Å². The van der Waals surface area contributed by atoms with Crippen molar-refractivity contribution in [3.05, 3.63) is 40.8 Å². The van der Waals surface area contributed by atoms with Gasteiger partial charge in [-0.15, -0.1) is 0 Å². The van der Waals surface area contributed by atoms with Gasteiger partial charge < -0.3 is 14.6 Å². The van der Waals surface area contributed by atoms with Gasteiger partial charge in [0.05, 0.1) is 19.0 Å². The van der Waals surface area contributed by atoms with Crippen molar-refractivity contribution in [3.63, 3.8) is 0 Å². The zero-order chi connectivity index (χ0) is 17.1. The second kappa shape index (κ2) is 6.64. The Bertz CT molecular complexity index is 732. The summed E-state index contributed by atoms with van der Waals surface area (Å²) in [6, 6.07) is 3.46. The Hall–Kier alpha value is -2.63. The van der Waals surface area contributed by atoms with Gasteiger partial charge in [0.25, 0.3) is 5.91 Å². The summed E-state index contributed by atoms with van der Waals surface area (Å²) in [4.78, 5) is 33.3. The number of anilines is 1. The summed E-state index contributed by atoms with van der Waals surface area (Å²) in [5.74, 6) is 0.242. The minimum absolute atomic E-state index is 0.0385. The van der Waals surface area contributed by atoms with Crippen LogP contribution in [0.25, 0.3) is 0 Å². The van der Waals surface area contributed by atoms with E-state index in [4.69, 9.17) is 4.74 Å². The van der Waals surface area contributed by atoms with Crippen molar-refractivity contribution < 1.29 is 14.3 Å². The normalized spacial score (nSPS) is 10.5. The van der Waals surface area contributed by atoms with Crippen LogP contribution < -0.4 is 9.64 Å². The fourth-order valence-electron chi connectivity index (χ4n) is 2.67. The highest BCUT2D eigenvalue weighted by molar-refractivity contribution is 6.08. The molecule has 0 saturated carbocycles. The highest BCUT2D eigenvalue weighted by Crippen LogP contribution is 2.23. The molecule has 0 aliphatic carbocycles. The summed E-state index contributed by atoms with van der Waals surface area (Å²) in [5.41, 5.74) is 3.19. The summed E-state index contributed by atoms with van der Waals surface area (Å²) >= 11 is 0. The number of rotatable bonds is 5. The third-order valence-electron chi connectivity index (χ3n) is 3.83. The number of nitrogens with zero attached hydrogens (tertiary/aromatic N) is 2. The molecule has 0 atom stereocenters. The van der Waals surface area contributed by atoms with Crippen LogP contribution in [0.3, 0.4) is 0 Å². The molecule has 1 amide bonds. The average molecular weight is 315 g/mol. The number of aromatic nitrogens is 2. The highest BCUT2D eigenvalue weighted by atomic mass is 16.5. The van der Waals surface area contributed by atoms with Crippen LogP contribution in [-0.4, -0.2) is 35.8 Å². The lowest BCUT2D eigenvalue weighted by Crippen LogP contribution is -2.27. The van der Waals surface area contributed by atoms with Crippen molar-refractivity contribution in [1.29, 1.82) is 0 Å². The van der Waals surface area contributed by atoms with Gasteiger partial charge in [-0.05, 0) is 31.9 Å². The van der Waals surface area contributed by atoms with E-state index < -0.39 is 0 Å². The molecule has 2 aromatic heterocycles. The van der Waals surface area contributed by atoms with E-state index in [-0.39, 0.29) is 11.7 Å². The molecule has 0 radical (unpaired) electrons. The molecule has 0 aliphatic heterocycles. The average Bonchev–Trinajstić information content (AvgIpc) is 2.90. The van der Waals surface area contributed by atoms with Crippen LogP contribution in [0.15, 0.2) is 18.3 Å². The first-order valence-electron chi connectivity index (χ1n) is 7.41.